The van der Waals surface area contributed by atoms with Crippen LogP contribution in [0, 0.1) is 23.4 Å². The summed E-state index contributed by atoms with van der Waals surface area (Å²) in [5, 5.41) is 35.0. The van der Waals surface area contributed by atoms with Crippen molar-refractivity contribution in [2.24, 2.45) is 5.92 Å². The molecule has 0 spiro atoms. The first kappa shape index (κ1) is 25.4. The van der Waals surface area contributed by atoms with Crippen LogP contribution in [0.25, 0.3) is 0 Å². The predicted molar refractivity (Wildman–Crippen MR) is 127 cm³/mol. The third-order valence-corrected chi connectivity index (χ3v) is 6.95. The number of piperidine rings is 1. The SMILES string of the molecule is OC(CC(C(O)c1ccc(F)cc1)C(O)(c1ccc(F)cc1)N1CCCCC1)c1ccc(F)cc1. The van der Waals surface area contributed by atoms with Gasteiger partial charge in [0.15, 0.2) is 0 Å². The number of hydrogen-bond acceptors (Lipinski definition) is 4. The molecule has 1 aliphatic rings. The van der Waals surface area contributed by atoms with E-state index in [9.17, 15) is 28.5 Å². The van der Waals surface area contributed by atoms with Crippen LogP contribution in [0.3, 0.4) is 0 Å². The van der Waals surface area contributed by atoms with Crippen LogP contribution in [-0.4, -0.2) is 33.3 Å². The second-order valence-corrected chi connectivity index (χ2v) is 9.19. The minimum absolute atomic E-state index is 0.0887. The lowest BCUT2D eigenvalue weighted by Gasteiger charge is -2.49. The molecule has 0 aliphatic carbocycles. The van der Waals surface area contributed by atoms with E-state index < -0.39 is 41.3 Å². The van der Waals surface area contributed by atoms with Gasteiger partial charge in [-0.25, -0.2) is 13.2 Å². The zero-order valence-electron chi connectivity index (χ0n) is 19.3. The first-order chi connectivity index (χ1) is 16.8. The average molecular weight is 486 g/mol. The lowest BCUT2D eigenvalue weighted by atomic mass is 9.76. The van der Waals surface area contributed by atoms with Crippen LogP contribution in [0.2, 0.25) is 0 Å². The molecule has 0 bridgehead atoms. The van der Waals surface area contributed by atoms with Crippen molar-refractivity contribution in [2.75, 3.05) is 13.1 Å². The van der Waals surface area contributed by atoms with Crippen LogP contribution in [0.15, 0.2) is 72.8 Å². The number of halogens is 3. The number of rotatable bonds is 8. The summed E-state index contributed by atoms with van der Waals surface area (Å²) in [6.07, 6.45) is 0.163. The topological polar surface area (TPSA) is 63.9 Å². The molecular weight excluding hydrogens is 455 g/mol. The van der Waals surface area contributed by atoms with Crippen molar-refractivity contribution in [3.8, 4) is 0 Å². The number of nitrogens with zero attached hydrogens (tertiary/aromatic N) is 1. The van der Waals surface area contributed by atoms with Gasteiger partial charge in [0, 0.05) is 19.0 Å². The standard InChI is InChI=1S/C28H30F3NO3/c29-22-10-4-19(5-11-22)26(33)18-25(27(34)20-6-12-23(30)13-7-20)28(35,32-16-2-1-3-17-32)21-8-14-24(31)15-9-21/h4-15,25-27,33-35H,1-3,16-18H2. The van der Waals surface area contributed by atoms with Gasteiger partial charge in [0.2, 0.25) is 0 Å². The zero-order valence-corrected chi connectivity index (χ0v) is 19.3. The van der Waals surface area contributed by atoms with Gasteiger partial charge in [-0.15, -0.1) is 0 Å². The average Bonchev–Trinajstić information content (AvgIpc) is 2.88. The first-order valence-electron chi connectivity index (χ1n) is 11.9. The van der Waals surface area contributed by atoms with E-state index in [1.165, 1.54) is 72.8 Å². The Hall–Kier alpha value is -2.71. The monoisotopic (exact) mass is 485 g/mol. The van der Waals surface area contributed by atoms with Gasteiger partial charge in [-0.05, 0) is 72.4 Å². The molecule has 0 amide bonds. The van der Waals surface area contributed by atoms with Crippen molar-refractivity contribution in [3.05, 3.63) is 107 Å². The van der Waals surface area contributed by atoms with Crippen LogP contribution >= 0.6 is 0 Å². The highest BCUT2D eigenvalue weighted by Gasteiger charge is 2.48. The molecule has 1 aliphatic heterocycles. The van der Waals surface area contributed by atoms with E-state index >= 15 is 0 Å². The molecule has 0 aromatic heterocycles. The summed E-state index contributed by atoms with van der Waals surface area (Å²) in [5.74, 6) is -2.36. The lowest BCUT2D eigenvalue weighted by molar-refractivity contribution is -0.198. The molecule has 0 saturated carbocycles. The van der Waals surface area contributed by atoms with E-state index in [4.69, 9.17) is 0 Å². The van der Waals surface area contributed by atoms with Gasteiger partial charge in [0.1, 0.15) is 23.2 Å². The molecule has 35 heavy (non-hydrogen) atoms. The molecule has 4 rings (SSSR count). The molecule has 3 aromatic rings. The third-order valence-electron chi connectivity index (χ3n) is 6.95. The Morgan fingerprint density at radius 1 is 0.686 bits per heavy atom. The fraction of sp³-hybridized carbons (Fsp3) is 0.357. The molecule has 1 fully saturated rings. The Kier molecular flexibility index (Phi) is 7.91. The first-order valence-corrected chi connectivity index (χ1v) is 11.9. The van der Waals surface area contributed by atoms with Gasteiger partial charge in [0.05, 0.1) is 12.2 Å². The normalized spacial score (nSPS) is 19.0. The quantitative estimate of drug-likeness (QED) is 0.410. The number of aliphatic hydroxyl groups excluding tert-OH is 2. The van der Waals surface area contributed by atoms with Crippen LogP contribution in [0.1, 0.15) is 54.6 Å². The second-order valence-electron chi connectivity index (χ2n) is 9.19. The fourth-order valence-electron chi connectivity index (χ4n) is 5.03. The molecule has 0 radical (unpaired) electrons. The van der Waals surface area contributed by atoms with Crippen LogP contribution in [0.4, 0.5) is 13.2 Å². The Balaban J connectivity index is 1.80. The maximum Gasteiger partial charge on any atom is 0.150 e. The molecule has 4 unspecified atom stereocenters. The largest absolute Gasteiger partial charge is 0.388 e. The minimum atomic E-state index is -1.76. The van der Waals surface area contributed by atoms with Gasteiger partial charge < -0.3 is 15.3 Å². The molecule has 3 aromatic carbocycles. The van der Waals surface area contributed by atoms with Gasteiger partial charge in [-0.2, -0.15) is 0 Å². The second kappa shape index (κ2) is 10.9. The van der Waals surface area contributed by atoms with E-state index in [-0.39, 0.29) is 6.42 Å². The summed E-state index contributed by atoms with van der Waals surface area (Å²) in [5.41, 5.74) is -0.565. The van der Waals surface area contributed by atoms with Crippen LogP contribution in [0.5, 0.6) is 0 Å². The maximum absolute atomic E-state index is 13.8. The molecule has 4 atom stereocenters. The molecular formula is C28H30F3NO3. The Morgan fingerprint density at radius 3 is 1.66 bits per heavy atom. The summed E-state index contributed by atoms with van der Waals surface area (Å²) in [6.45, 7) is 1.10. The van der Waals surface area contributed by atoms with Crippen molar-refractivity contribution in [1.29, 1.82) is 0 Å². The molecule has 1 saturated heterocycles. The van der Waals surface area contributed by atoms with Crippen molar-refractivity contribution in [3.63, 3.8) is 0 Å². The van der Waals surface area contributed by atoms with E-state index in [2.05, 4.69) is 0 Å². The summed E-state index contributed by atoms with van der Waals surface area (Å²) in [6, 6.07) is 16.2. The molecule has 3 N–H and O–H groups in total. The number of benzene rings is 3. The minimum Gasteiger partial charge on any atom is -0.388 e. The summed E-state index contributed by atoms with van der Waals surface area (Å²) < 4.78 is 40.8. The third kappa shape index (κ3) is 5.59. The van der Waals surface area contributed by atoms with E-state index in [0.717, 1.165) is 19.3 Å². The Labute approximate surface area is 203 Å². The van der Waals surface area contributed by atoms with Crippen molar-refractivity contribution < 1.29 is 28.5 Å². The number of likely N-dealkylation sites (tertiary alicyclic amines) is 1. The molecule has 4 nitrogen and oxygen atoms in total. The Bertz CT molecular complexity index is 1090. The van der Waals surface area contributed by atoms with Crippen molar-refractivity contribution in [1.82, 2.24) is 4.90 Å². The van der Waals surface area contributed by atoms with Crippen LogP contribution in [-0.2, 0) is 5.72 Å². The number of aliphatic hydroxyl groups is 3. The predicted octanol–water partition coefficient (Wildman–Crippen LogP) is 5.21. The smallest absolute Gasteiger partial charge is 0.150 e. The highest BCUT2D eigenvalue weighted by atomic mass is 19.1. The summed E-state index contributed by atoms with van der Waals surface area (Å²) >= 11 is 0. The molecule has 186 valence electrons. The van der Waals surface area contributed by atoms with E-state index in [0.29, 0.717) is 29.8 Å². The summed E-state index contributed by atoms with van der Waals surface area (Å²) in [4.78, 5) is 1.86. The van der Waals surface area contributed by atoms with E-state index in [1.54, 1.807) is 0 Å². The van der Waals surface area contributed by atoms with E-state index in [1.807, 2.05) is 4.90 Å². The van der Waals surface area contributed by atoms with Gasteiger partial charge in [0.25, 0.3) is 0 Å². The molecule has 7 heteroatoms. The maximum atomic E-state index is 13.8. The molecule has 1 heterocycles. The lowest BCUT2D eigenvalue weighted by Crippen LogP contribution is -2.55. The van der Waals surface area contributed by atoms with Crippen molar-refractivity contribution in [2.45, 2.75) is 43.6 Å². The highest BCUT2D eigenvalue weighted by molar-refractivity contribution is 5.28. The zero-order chi connectivity index (χ0) is 25.0. The van der Waals surface area contributed by atoms with Gasteiger partial charge in [-0.3, -0.25) is 4.90 Å². The fourth-order valence-corrected chi connectivity index (χ4v) is 5.03. The van der Waals surface area contributed by atoms with Gasteiger partial charge in [-0.1, -0.05) is 42.8 Å². The number of hydrogen-bond donors (Lipinski definition) is 3. The Morgan fingerprint density at radius 2 is 1.14 bits per heavy atom. The van der Waals surface area contributed by atoms with Gasteiger partial charge >= 0.3 is 0 Å². The van der Waals surface area contributed by atoms with Crippen molar-refractivity contribution >= 4 is 0 Å². The van der Waals surface area contributed by atoms with Crippen LogP contribution < -0.4 is 0 Å². The summed E-state index contributed by atoms with van der Waals surface area (Å²) in [7, 11) is 0. The highest BCUT2D eigenvalue weighted by Crippen LogP contribution is 2.46.